The van der Waals surface area contributed by atoms with Gasteiger partial charge in [-0.15, -0.1) is 0 Å². The molecule has 0 aromatic heterocycles. The standard InChI is InChI=1S/C10H11BrN2O/c1-5-3-7(11)4-8-9(5)12-6(2)10(14)13-8/h3-4,6,12H,1-2H3,(H,13,14). The fourth-order valence-electron chi connectivity index (χ4n) is 1.56. The number of aryl methyl sites for hydroxylation is 1. The number of carbonyl (C=O) groups excluding carboxylic acids is 1. The highest BCUT2D eigenvalue weighted by atomic mass is 79.9. The van der Waals surface area contributed by atoms with E-state index in [2.05, 4.69) is 26.6 Å². The molecule has 1 amide bonds. The molecule has 1 aliphatic rings. The summed E-state index contributed by atoms with van der Waals surface area (Å²) in [6.45, 7) is 3.86. The molecule has 1 atom stereocenters. The van der Waals surface area contributed by atoms with Crippen LogP contribution in [-0.4, -0.2) is 11.9 Å². The van der Waals surface area contributed by atoms with E-state index in [4.69, 9.17) is 0 Å². The van der Waals surface area contributed by atoms with Gasteiger partial charge in [-0.1, -0.05) is 15.9 Å². The molecule has 0 fully saturated rings. The third-order valence-corrected chi connectivity index (χ3v) is 2.77. The molecule has 14 heavy (non-hydrogen) atoms. The van der Waals surface area contributed by atoms with Crippen LogP contribution in [0.25, 0.3) is 0 Å². The van der Waals surface area contributed by atoms with Crippen LogP contribution in [0, 0.1) is 6.92 Å². The normalized spacial score (nSPS) is 19.6. The van der Waals surface area contributed by atoms with Crippen molar-refractivity contribution in [2.75, 3.05) is 10.6 Å². The Balaban J connectivity index is 2.51. The Morgan fingerprint density at radius 3 is 2.86 bits per heavy atom. The topological polar surface area (TPSA) is 41.1 Å². The van der Waals surface area contributed by atoms with Crippen LogP contribution in [-0.2, 0) is 4.79 Å². The van der Waals surface area contributed by atoms with E-state index in [1.165, 1.54) is 0 Å². The molecule has 3 nitrogen and oxygen atoms in total. The quantitative estimate of drug-likeness (QED) is 0.747. The fourth-order valence-corrected chi connectivity index (χ4v) is 2.13. The number of carbonyl (C=O) groups is 1. The van der Waals surface area contributed by atoms with Crippen LogP contribution in [0.2, 0.25) is 0 Å². The first-order chi connectivity index (χ1) is 6.58. The number of halogens is 1. The van der Waals surface area contributed by atoms with Crippen molar-refractivity contribution in [1.82, 2.24) is 0 Å². The van der Waals surface area contributed by atoms with E-state index in [0.717, 1.165) is 21.4 Å². The number of hydrogen-bond donors (Lipinski definition) is 2. The Hall–Kier alpha value is -1.03. The molecule has 0 spiro atoms. The summed E-state index contributed by atoms with van der Waals surface area (Å²) in [5.74, 6) is 0.00926. The van der Waals surface area contributed by atoms with Crippen LogP contribution in [0.1, 0.15) is 12.5 Å². The Morgan fingerprint density at radius 1 is 1.43 bits per heavy atom. The molecule has 1 unspecified atom stereocenters. The van der Waals surface area contributed by atoms with Crippen molar-refractivity contribution >= 4 is 33.2 Å². The molecule has 0 saturated heterocycles. The van der Waals surface area contributed by atoms with Crippen molar-refractivity contribution in [2.24, 2.45) is 0 Å². The lowest BCUT2D eigenvalue weighted by atomic mass is 10.1. The molecule has 1 aliphatic heterocycles. The van der Waals surface area contributed by atoms with Gasteiger partial charge >= 0.3 is 0 Å². The first-order valence-electron chi connectivity index (χ1n) is 4.45. The van der Waals surface area contributed by atoms with Crippen molar-refractivity contribution < 1.29 is 4.79 Å². The van der Waals surface area contributed by atoms with Crippen molar-refractivity contribution in [3.63, 3.8) is 0 Å². The van der Waals surface area contributed by atoms with Crippen LogP contribution in [0.5, 0.6) is 0 Å². The van der Waals surface area contributed by atoms with Crippen molar-refractivity contribution in [2.45, 2.75) is 19.9 Å². The van der Waals surface area contributed by atoms with Gasteiger partial charge in [0, 0.05) is 4.47 Å². The average molecular weight is 255 g/mol. The molecule has 2 N–H and O–H groups in total. The summed E-state index contributed by atoms with van der Waals surface area (Å²) < 4.78 is 0.977. The molecule has 2 rings (SSSR count). The molecule has 0 aliphatic carbocycles. The molecule has 0 radical (unpaired) electrons. The lowest BCUT2D eigenvalue weighted by Crippen LogP contribution is -2.36. The predicted octanol–water partition coefficient (Wildman–Crippen LogP) is 2.51. The summed E-state index contributed by atoms with van der Waals surface area (Å²) >= 11 is 3.40. The summed E-state index contributed by atoms with van der Waals surface area (Å²) in [7, 11) is 0. The second-order valence-corrected chi connectivity index (χ2v) is 4.42. The van der Waals surface area contributed by atoms with Gasteiger partial charge in [-0.25, -0.2) is 0 Å². The summed E-state index contributed by atoms with van der Waals surface area (Å²) in [6.07, 6.45) is 0. The smallest absolute Gasteiger partial charge is 0.246 e. The van der Waals surface area contributed by atoms with Gasteiger partial charge in [0.05, 0.1) is 11.4 Å². The third-order valence-electron chi connectivity index (χ3n) is 2.31. The molecule has 1 aromatic carbocycles. The van der Waals surface area contributed by atoms with E-state index < -0.39 is 0 Å². The molecular weight excluding hydrogens is 244 g/mol. The summed E-state index contributed by atoms with van der Waals surface area (Å²) in [5.41, 5.74) is 2.99. The second-order valence-electron chi connectivity index (χ2n) is 3.50. The first kappa shape index (κ1) is 9.52. The lowest BCUT2D eigenvalue weighted by Gasteiger charge is -2.25. The number of hydrogen-bond acceptors (Lipinski definition) is 2. The summed E-state index contributed by atoms with van der Waals surface area (Å²) in [6, 6.07) is 3.76. The monoisotopic (exact) mass is 254 g/mol. The lowest BCUT2D eigenvalue weighted by molar-refractivity contribution is -0.116. The minimum absolute atomic E-state index is 0.00926. The highest BCUT2D eigenvalue weighted by Crippen LogP contribution is 2.33. The maximum atomic E-state index is 11.4. The number of anilines is 2. The number of nitrogens with one attached hydrogen (secondary N) is 2. The van der Waals surface area contributed by atoms with Crippen LogP contribution in [0.4, 0.5) is 11.4 Å². The van der Waals surface area contributed by atoms with Crippen LogP contribution < -0.4 is 10.6 Å². The van der Waals surface area contributed by atoms with E-state index in [1.807, 2.05) is 26.0 Å². The third kappa shape index (κ3) is 1.50. The van der Waals surface area contributed by atoms with Gasteiger partial charge in [-0.3, -0.25) is 4.79 Å². The molecule has 1 aromatic rings. The van der Waals surface area contributed by atoms with Gasteiger partial charge in [-0.2, -0.15) is 0 Å². The minimum Gasteiger partial charge on any atom is -0.372 e. The number of fused-ring (bicyclic) bond motifs is 1. The zero-order chi connectivity index (χ0) is 10.3. The van der Waals surface area contributed by atoms with Gasteiger partial charge in [0.1, 0.15) is 6.04 Å². The Morgan fingerprint density at radius 2 is 2.14 bits per heavy atom. The highest BCUT2D eigenvalue weighted by molar-refractivity contribution is 9.10. The van der Waals surface area contributed by atoms with E-state index >= 15 is 0 Å². The van der Waals surface area contributed by atoms with E-state index in [-0.39, 0.29) is 11.9 Å². The summed E-state index contributed by atoms with van der Waals surface area (Å²) in [4.78, 5) is 11.4. The Kier molecular flexibility index (Phi) is 2.23. The van der Waals surface area contributed by atoms with Crippen LogP contribution >= 0.6 is 15.9 Å². The van der Waals surface area contributed by atoms with Gasteiger partial charge in [0.2, 0.25) is 5.91 Å². The molecule has 4 heteroatoms. The van der Waals surface area contributed by atoms with Gasteiger partial charge in [0.25, 0.3) is 0 Å². The van der Waals surface area contributed by atoms with E-state index in [9.17, 15) is 4.79 Å². The Bertz CT molecular complexity index is 403. The van der Waals surface area contributed by atoms with E-state index in [1.54, 1.807) is 0 Å². The maximum absolute atomic E-state index is 11.4. The van der Waals surface area contributed by atoms with Crippen molar-refractivity contribution in [1.29, 1.82) is 0 Å². The van der Waals surface area contributed by atoms with Gasteiger partial charge in [-0.05, 0) is 31.5 Å². The van der Waals surface area contributed by atoms with Crippen LogP contribution in [0.3, 0.4) is 0 Å². The fraction of sp³-hybridized carbons (Fsp3) is 0.300. The van der Waals surface area contributed by atoms with Crippen molar-refractivity contribution in [3.05, 3.63) is 22.2 Å². The maximum Gasteiger partial charge on any atom is 0.246 e. The number of rotatable bonds is 0. The zero-order valence-corrected chi connectivity index (χ0v) is 9.60. The van der Waals surface area contributed by atoms with Crippen LogP contribution in [0.15, 0.2) is 16.6 Å². The number of benzene rings is 1. The largest absolute Gasteiger partial charge is 0.372 e. The molecule has 74 valence electrons. The summed E-state index contributed by atoms with van der Waals surface area (Å²) in [5, 5.41) is 6.03. The second kappa shape index (κ2) is 3.28. The first-order valence-corrected chi connectivity index (χ1v) is 5.25. The SMILES string of the molecule is Cc1cc(Br)cc2c1NC(C)C(=O)N2. The number of amides is 1. The predicted molar refractivity (Wildman–Crippen MR) is 60.6 cm³/mol. The molecular formula is C10H11BrN2O. The molecule has 0 bridgehead atoms. The average Bonchev–Trinajstić information content (AvgIpc) is 2.08. The Labute approximate surface area is 91.0 Å². The molecule has 1 heterocycles. The van der Waals surface area contributed by atoms with Gasteiger partial charge in [0.15, 0.2) is 0 Å². The van der Waals surface area contributed by atoms with Gasteiger partial charge < -0.3 is 10.6 Å². The highest BCUT2D eigenvalue weighted by Gasteiger charge is 2.22. The molecule has 0 saturated carbocycles. The zero-order valence-electron chi connectivity index (χ0n) is 8.02. The van der Waals surface area contributed by atoms with E-state index in [0.29, 0.717) is 0 Å². The van der Waals surface area contributed by atoms with Crippen molar-refractivity contribution in [3.8, 4) is 0 Å². The minimum atomic E-state index is -0.164.